The van der Waals surface area contributed by atoms with Crippen molar-refractivity contribution >= 4 is 56.0 Å². The lowest BCUT2D eigenvalue weighted by molar-refractivity contribution is -0.139. The molecule has 2 aliphatic heterocycles. The number of ether oxygens (including phenoxy) is 6. The van der Waals surface area contributed by atoms with Crippen LogP contribution in [0.2, 0.25) is 0 Å². The van der Waals surface area contributed by atoms with E-state index in [9.17, 15) is 14.4 Å². The van der Waals surface area contributed by atoms with Crippen LogP contribution in [0.3, 0.4) is 0 Å². The van der Waals surface area contributed by atoms with Gasteiger partial charge in [0.15, 0.2) is 29.6 Å². The molecule has 2 heterocycles. The van der Waals surface area contributed by atoms with Gasteiger partial charge in [-0.1, -0.05) is 12.1 Å². The van der Waals surface area contributed by atoms with Gasteiger partial charge in [0.25, 0.3) is 5.91 Å². The van der Waals surface area contributed by atoms with Crippen molar-refractivity contribution in [3.05, 3.63) is 85.4 Å². The Labute approximate surface area is 286 Å². The highest BCUT2D eigenvalue weighted by molar-refractivity contribution is 9.11. The second-order valence-electron chi connectivity index (χ2n) is 10.1. The molecular formula is C32H30Br2N4O9. The van der Waals surface area contributed by atoms with Crippen LogP contribution >= 0.6 is 31.9 Å². The maximum Gasteiger partial charge on any atom is 0.338 e. The monoisotopic (exact) mass is 772 g/mol. The summed E-state index contributed by atoms with van der Waals surface area (Å²) in [7, 11) is 1.44. The molecule has 3 N–H and O–H groups in total. The highest BCUT2D eigenvalue weighted by Crippen LogP contribution is 2.37. The summed E-state index contributed by atoms with van der Waals surface area (Å²) >= 11 is 7.06. The maximum atomic E-state index is 12.6. The third-order valence-electron chi connectivity index (χ3n) is 6.89. The Balaban J connectivity index is 1.16. The first-order chi connectivity index (χ1) is 22.7. The number of rotatable bonds is 12. The molecule has 0 saturated carbocycles. The molecule has 1 atom stereocenters. The number of fused-ring (bicyclic) bond motifs is 1. The number of allylic oxidation sites excluding steroid dienone is 1. The minimum absolute atomic E-state index is 0.179. The molecule has 13 nitrogen and oxygen atoms in total. The van der Waals surface area contributed by atoms with Gasteiger partial charge in [0.05, 0.1) is 40.5 Å². The molecule has 47 heavy (non-hydrogen) atoms. The normalized spacial score (nSPS) is 15.2. The van der Waals surface area contributed by atoms with E-state index in [1.165, 1.54) is 13.3 Å². The second kappa shape index (κ2) is 15.2. The van der Waals surface area contributed by atoms with Crippen molar-refractivity contribution in [2.75, 3.05) is 27.1 Å². The van der Waals surface area contributed by atoms with Crippen molar-refractivity contribution in [1.82, 2.24) is 16.1 Å². The molecule has 2 aliphatic rings. The summed E-state index contributed by atoms with van der Waals surface area (Å²) in [6.07, 6.45) is 1.48. The molecule has 0 aromatic heterocycles. The van der Waals surface area contributed by atoms with E-state index in [2.05, 4.69) is 53.0 Å². The van der Waals surface area contributed by atoms with Gasteiger partial charge >= 0.3 is 12.0 Å². The van der Waals surface area contributed by atoms with E-state index < -0.39 is 23.9 Å². The van der Waals surface area contributed by atoms with E-state index in [1.54, 1.807) is 44.2 Å². The third-order valence-corrected chi connectivity index (χ3v) is 8.07. The lowest BCUT2D eigenvalue weighted by Gasteiger charge is -2.28. The van der Waals surface area contributed by atoms with E-state index in [0.29, 0.717) is 55.4 Å². The number of hydrogen-bond donors (Lipinski definition) is 3. The lowest BCUT2D eigenvalue weighted by atomic mass is 9.95. The molecule has 3 amide bonds. The smallest absolute Gasteiger partial charge is 0.338 e. The number of methoxy groups -OCH3 is 1. The Morgan fingerprint density at radius 1 is 1.04 bits per heavy atom. The van der Waals surface area contributed by atoms with Crippen LogP contribution in [0.25, 0.3) is 0 Å². The van der Waals surface area contributed by atoms with Gasteiger partial charge in [-0.25, -0.2) is 15.0 Å². The van der Waals surface area contributed by atoms with Gasteiger partial charge in [0.2, 0.25) is 6.79 Å². The van der Waals surface area contributed by atoms with Gasteiger partial charge in [-0.15, -0.1) is 0 Å². The lowest BCUT2D eigenvalue weighted by Crippen LogP contribution is -2.45. The van der Waals surface area contributed by atoms with Crippen LogP contribution in [-0.4, -0.2) is 51.2 Å². The summed E-state index contributed by atoms with van der Waals surface area (Å²) in [6.45, 7) is 3.66. The average molecular weight is 774 g/mol. The Bertz CT molecular complexity index is 1740. The summed E-state index contributed by atoms with van der Waals surface area (Å²) < 4.78 is 34.5. The fourth-order valence-electron chi connectivity index (χ4n) is 4.74. The molecule has 0 spiro atoms. The fourth-order valence-corrected chi connectivity index (χ4v) is 6.19. The first-order valence-corrected chi connectivity index (χ1v) is 15.8. The first-order valence-electron chi connectivity index (χ1n) is 14.2. The van der Waals surface area contributed by atoms with Gasteiger partial charge < -0.3 is 39.1 Å². The summed E-state index contributed by atoms with van der Waals surface area (Å²) in [5.41, 5.74) is 5.25. The van der Waals surface area contributed by atoms with Crippen LogP contribution in [0.5, 0.6) is 28.7 Å². The van der Waals surface area contributed by atoms with Crippen LogP contribution in [-0.2, 0) is 20.9 Å². The van der Waals surface area contributed by atoms with Crippen LogP contribution in [0, 0.1) is 0 Å². The van der Waals surface area contributed by atoms with E-state index >= 15 is 0 Å². The van der Waals surface area contributed by atoms with Crippen molar-refractivity contribution in [3.8, 4) is 28.7 Å². The molecule has 0 aliphatic carbocycles. The van der Waals surface area contributed by atoms with Crippen molar-refractivity contribution in [1.29, 1.82) is 0 Å². The summed E-state index contributed by atoms with van der Waals surface area (Å²) in [4.78, 5) is 37.3. The highest BCUT2D eigenvalue weighted by Gasteiger charge is 2.32. The number of halogens is 2. The minimum Gasteiger partial charge on any atom is -0.493 e. The van der Waals surface area contributed by atoms with Gasteiger partial charge in [-0.05, 0) is 98.8 Å². The van der Waals surface area contributed by atoms with E-state index in [0.717, 1.165) is 5.56 Å². The Hall–Kier alpha value is -4.76. The van der Waals surface area contributed by atoms with Crippen molar-refractivity contribution in [3.63, 3.8) is 0 Å². The van der Waals surface area contributed by atoms with Crippen molar-refractivity contribution in [2.45, 2.75) is 26.5 Å². The number of benzene rings is 3. The molecule has 3 aromatic rings. The zero-order valence-corrected chi connectivity index (χ0v) is 28.7. The van der Waals surface area contributed by atoms with Gasteiger partial charge in [0, 0.05) is 5.70 Å². The topological polar surface area (TPSA) is 155 Å². The fraction of sp³-hybridized carbons (Fsp3) is 0.250. The number of nitrogens with one attached hydrogen (secondary N) is 3. The zero-order chi connectivity index (χ0) is 33.5. The van der Waals surface area contributed by atoms with E-state index in [-0.39, 0.29) is 31.3 Å². The summed E-state index contributed by atoms with van der Waals surface area (Å²) in [5.74, 6) is 1.49. The Morgan fingerprint density at radius 3 is 2.55 bits per heavy atom. The zero-order valence-electron chi connectivity index (χ0n) is 25.5. The molecule has 15 heteroatoms. The van der Waals surface area contributed by atoms with Gasteiger partial charge in [-0.2, -0.15) is 5.10 Å². The van der Waals surface area contributed by atoms with Gasteiger partial charge in [0.1, 0.15) is 12.4 Å². The van der Waals surface area contributed by atoms with Crippen LogP contribution < -0.4 is 39.7 Å². The van der Waals surface area contributed by atoms with E-state index in [1.807, 2.05) is 18.2 Å². The van der Waals surface area contributed by atoms with Gasteiger partial charge in [-0.3, -0.25) is 4.79 Å². The summed E-state index contributed by atoms with van der Waals surface area (Å²) in [6, 6.07) is 12.9. The van der Waals surface area contributed by atoms with Crippen molar-refractivity contribution < 1.29 is 42.8 Å². The SMILES string of the molecule is CCOC(=O)C1=C(C)NC(=O)N[C@H]1c1ccc(OCC(=O)N/N=C\c2cc(Br)c(OCc3ccc4c(c3)OCO4)c(Br)c2)c(OC)c1. The quantitative estimate of drug-likeness (QED) is 0.127. The molecule has 0 bridgehead atoms. The number of nitrogens with zero attached hydrogens (tertiary/aromatic N) is 1. The summed E-state index contributed by atoms with van der Waals surface area (Å²) in [5, 5.41) is 9.35. The average Bonchev–Trinajstić information content (AvgIpc) is 3.51. The first kappa shape index (κ1) is 33.6. The number of carbonyl (C=O) groups excluding carboxylic acids is 3. The predicted octanol–water partition coefficient (Wildman–Crippen LogP) is 5.25. The highest BCUT2D eigenvalue weighted by atomic mass is 79.9. The molecule has 5 rings (SSSR count). The van der Waals surface area contributed by atoms with Crippen LogP contribution in [0.1, 0.15) is 36.6 Å². The Morgan fingerprint density at radius 2 is 1.81 bits per heavy atom. The predicted molar refractivity (Wildman–Crippen MR) is 177 cm³/mol. The number of hydrogen-bond acceptors (Lipinski definition) is 10. The molecule has 0 radical (unpaired) electrons. The number of urea groups is 1. The second-order valence-corrected chi connectivity index (χ2v) is 11.8. The van der Waals surface area contributed by atoms with Crippen LogP contribution in [0.4, 0.5) is 4.79 Å². The molecule has 0 fully saturated rings. The standard InChI is InChI=1S/C32H30Br2N4O9/c1-4-43-31(40)28-17(2)36-32(41)37-29(28)20-6-8-23(25(12-20)42-3)44-15-27(39)38-35-13-19-9-21(33)30(22(34)10-19)45-14-18-5-7-24-26(11-18)47-16-46-24/h5-13,29H,4,14-16H2,1-3H3,(H,38,39)(H2,36,37,41)/b35-13-/t29-/m0/s1. The number of carbonyl (C=O) groups is 3. The third kappa shape index (κ3) is 8.16. The van der Waals surface area contributed by atoms with Crippen molar-refractivity contribution in [2.24, 2.45) is 5.10 Å². The van der Waals surface area contributed by atoms with Crippen LogP contribution in [0.15, 0.2) is 73.8 Å². The Kier molecular flexibility index (Phi) is 10.9. The molecule has 0 unspecified atom stereocenters. The minimum atomic E-state index is -0.779. The molecule has 246 valence electrons. The molecule has 3 aromatic carbocycles. The largest absolute Gasteiger partial charge is 0.493 e. The number of hydrazone groups is 1. The number of amides is 3. The molecule has 0 saturated heterocycles. The maximum absolute atomic E-state index is 12.6. The number of esters is 1. The molecular weight excluding hydrogens is 744 g/mol. The van der Waals surface area contributed by atoms with E-state index in [4.69, 9.17) is 28.4 Å².